The second-order valence-electron chi connectivity index (χ2n) is 5.49. The zero-order chi connectivity index (χ0) is 20.0. The van der Waals surface area contributed by atoms with E-state index in [2.05, 4.69) is 21.2 Å². The van der Waals surface area contributed by atoms with Crippen LogP contribution in [0.5, 0.6) is 11.5 Å². The van der Waals surface area contributed by atoms with Gasteiger partial charge in [0.15, 0.2) is 11.5 Å². The van der Waals surface area contributed by atoms with Crippen LogP contribution in [0.3, 0.4) is 0 Å². The van der Waals surface area contributed by atoms with Crippen LogP contribution < -0.4 is 14.8 Å². The molecule has 8 heteroatoms. The van der Waals surface area contributed by atoms with Gasteiger partial charge >= 0.3 is 5.97 Å². The van der Waals surface area contributed by atoms with Crippen molar-refractivity contribution >= 4 is 45.5 Å². The fourth-order valence-corrected chi connectivity index (χ4v) is 2.91. The minimum Gasteiger partial charge on any atom is -0.493 e. The van der Waals surface area contributed by atoms with Crippen LogP contribution in [0.15, 0.2) is 46.6 Å². The van der Waals surface area contributed by atoms with Crippen molar-refractivity contribution in [3.05, 3.63) is 62.7 Å². The lowest BCUT2D eigenvalue weighted by molar-refractivity contribution is -0.134. The van der Waals surface area contributed by atoms with Crippen LogP contribution in [0.4, 0.5) is 0 Å². The Morgan fingerprint density at radius 1 is 1.26 bits per heavy atom. The van der Waals surface area contributed by atoms with E-state index in [9.17, 15) is 14.7 Å². The van der Waals surface area contributed by atoms with Gasteiger partial charge in [0, 0.05) is 11.9 Å². The fourth-order valence-electron chi connectivity index (χ4n) is 2.21. The molecule has 0 aliphatic heterocycles. The number of carboxylic acids is 1. The first kappa shape index (κ1) is 20.8. The zero-order valence-corrected chi connectivity index (χ0v) is 16.9. The van der Waals surface area contributed by atoms with Gasteiger partial charge in [0.05, 0.1) is 11.6 Å². The minimum atomic E-state index is -1.25. The standard InChI is InChI=1S/C19H17BrClNO5/c1-11(23)22-16(19(24)25)8-13-7-15(20)18(17(9-13)26-2)27-10-12-3-5-14(21)6-4-12/h3-9H,10H2,1-2H3,(H,22,23)(H,24,25)/b16-8+. The van der Waals surface area contributed by atoms with Gasteiger partial charge in [0.1, 0.15) is 12.3 Å². The summed E-state index contributed by atoms with van der Waals surface area (Å²) < 4.78 is 11.8. The second-order valence-corrected chi connectivity index (χ2v) is 6.78. The smallest absolute Gasteiger partial charge is 0.352 e. The normalized spacial score (nSPS) is 11.0. The lowest BCUT2D eigenvalue weighted by atomic mass is 10.1. The topological polar surface area (TPSA) is 84.9 Å². The van der Waals surface area contributed by atoms with Crippen LogP contribution in [0.1, 0.15) is 18.1 Å². The van der Waals surface area contributed by atoms with E-state index in [1.807, 2.05) is 12.1 Å². The third kappa shape index (κ3) is 6.01. The Hall–Kier alpha value is -2.51. The first-order valence-electron chi connectivity index (χ1n) is 7.77. The first-order chi connectivity index (χ1) is 12.8. The zero-order valence-electron chi connectivity index (χ0n) is 14.6. The molecule has 0 bridgehead atoms. The van der Waals surface area contributed by atoms with Gasteiger partial charge in [-0.25, -0.2) is 4.79 Å². The molecular weight excluding hydrogens is 438 g/mol. The fraction of sp³-hybridized carbons (Fsp3) is 0.158. The number of hydrogen-bond acceptors (Lipinski definition) is 4. The Labute approximate surface area is 169 Å². The molecule has 0 radical (unpaired) electrons. The summed E-state index contributed by atoms with van der Waals surface area (Å²) in [4.78, 5) is 22.4. The van der Waals surface area contributed by atoms with E-state index in [0.717, 1.165) is 5.56 Å². The minimum absolute atomic E-state index is 0.244. The van der Waals surface area contributed by atoms with Crippen LogP contribution in [-0.2, 0) is 16.2 Å². The molecule has 0 spiro atoms. The molecule has 0 aromatic heterocycles. The summed E-state index contributed by atoms with van der Waals surface area (Å²) in [6, 6.07) is 10.5. The first-order valence-corrected chi connectivity index (χ1v) is 8.94. The summed E-state index contributed by atoms with van der Waals surface area (Å²) >= 11 is 9.28. The summed E-state index contributed by atoms with van der Waals surface area (Å²) in [5, 5.41) is 12.1. The summed E-state index contributed by atoms with van der Waals surface area (Å²) in [7, 11) is 1.48. The number of benzene rings is 2. The van der Waals surface area contributed by atoms with Crippen LogP contribution in [0.2, 0.25) is 5.02 Å². The molecule has 0 unspecified atom stereocenters. The van der Waals surface area contributed by atoms with Gasteiger partial charge in [-0.15, -0.1) is 0 Å². The number of methoxy groups -OCH3 is 1. The van der Waals surface area contributed by atoms with Gasteiger partial charge in [-0.05, 0) is 57.4 Å². The molecule has 0 aliphatic rings. The molecule has 0 saturated carbocycles. The lowest BCUT2D eigenvalue weighted by Gasteiger charge is -2.14. The van der Waals surface area contributed by atoms with E-state index < -0.39 is 11.9 Å². The number of carbonyl (C=O) groups excluding carboxylic acids is 1. The van der Waals surface area contributed by atoms with Crippen molar-refractivity contribution in [1.82, 2.24) is 5.32 Å². The van der Waals surface area contributed by atoms with Gasteiger partial charge in [-0.2, -0.15) is 0 Å². The third-order valence-electron chi connectivity index (χ3n) is 3.40. The molecule has 0 atom stereocenters. The maximum absolute atomic E-state index is 11.3. The maximum atomic E-state index is 11.3. The summed E-state index contributed by atoms with van der Waals surface area (Å²) in [5.74, 6) is -0.834. The second kappa shape index (κ2) is 9.43. The molecule has 0 heterocycles. The number of rotatable bonds is 7. The average Bonchev–Trinajstić information content (AvgIpc) is 2.60. The summed E-state index contributed by atoms with van der Waals surface area (Å²) in [5.41, 5.74) is 1.20. The van der Waals surface area contributed by atoms with Crippen molar-refractivity contribution in [3.63, 3.8) is 0 Å². The van der Waals surface area contributed by atoms with Crippen molar-refractivity contribution < 1.29 is 24.2 Å². The van der Waals surface area contributed by atoms with Crippen LogP contribution in [0.25, 0.3) is 6.08 Å². The van der Waals surface area contributed by atoms with Crippen LogP contribution in [-0.4, -0.2) is 24.1 Å². The van der Waals surface area contributed by atoms with E-state index in [0.29, 0.717) is 33.2 Å². The van der Waals surface area contributed by atoms with Crippen molar-refractivity contribution in [2.45, 2.75) is 13.5 Å². The highest BCUT2D eigenvalue weighted by Gasteiger charge is 2.14. The summed E-state index contributed by atoms with van der Waals surface area (Å²) in [6.45, 7) is 1.54. The Morgan fingerprint density at radius 3 is 2.48 bits per heavy atom. The number of halogens is 2. The van der Waals surface area contributed by atoms with E-state index in [4.69, 9.17) is 21.1 Å². The van der Waals surface area contributed by atoms with Crippen LogP contribution >= 0.6 is 27.5 Å². The molecule has 142 valence electrons. The molecular formula is C19H17BrClNO5. The molecule has 6 nitrogen and oxygen atoms in total. The summed E-state index contributed by atoms with van der Waals surface area (Å²) in [6.07, 6.45) is 1.33. The van der Waals surface area contributed by atoms with Crippen molar-refractivity contribution in [2.24, 2.45) is 0 Å². The van der Waals surface area contributed by atoms with Gasteiger partial charge in [-0.3, -0.25) is 4.79 Å². The molecule has 0 aliphatic carbocycles. The third-order valence-corrected chi connectivity index (χ3v) is 4.24. The highest BCUT2D eigenvalue weighted by molar-refractivity contribution is 9.10. The molecule has 2 rings (SSSR count). The molecule has 0 saturated heterocycles. The number of nitrogens with one attached hydrogen (secondary N) is 1. The predicted molar refractivity (Wildman–Crippen MR) is 106 cm³/mol. The molecule has 27 heavy (non-hydrogen) atoms. The monoisotopic (exact) mass is 453 g/mol. The number of hydrogen-bond donors (Lipinski definition) is 2. The largest absolute Gasteiger partial charge is 0.493 e. The molecule has 0 fully saturated rings. The van der Waals surface area contributed by atoms with Gasteiger partial charge in [-0.1, -0.05) is 23.7 Å². The SMILES string of the molecule is COc1cc(/C=C(/NC(C)=O)C(=O)O)cc(Br)c1OCc1ccc(Cl)cc1. The number of amides is 1. The van der Waals surface area contributed by atoms with E-state index in [-0.39, 0.29) is 5.70 Å². The highest BCUT2D eigenvalue weighted by Crippen LogP contribution is 2.37. The molecule has 2 N–H and O–H groups in total. The van der Waals surface area contributed by atoms with Crippen molar-refractivity contribution in [1.29, 1.82) is 0 Å². The van der Waals surface area contributed by atoms with E-state index >= 15 is 0 Å². The quantitative estimate of drug-likeness (QED) is 0.611. The van der Waals surface area contributed by atoms with Gasteiger partial charge in [0.25, 0.3) is 0 Å². The average molecular weight is 455 g/mol. The Morgan fingerprint density at radius 2 is 1.93 bits per heavy atom. The van der Waals surface area contributed by atoms with Crippen LogP contribution in [0, 0.1) is 0 Å². The van der Waals surface area contributed by atoms with Crippen molar-refractivity contribution in [3.8, 4) is 11.5 Å². The van der Waals surface area contributed by atoms with Gasteiger partial charge < -0.3 is 19.9 Å². The van der Waals surface area contributed by atoms with Gasteiger partial charge in [0.2, 0.25) is 5.91 Å². The number of carbonyl (C=O) groups is 2. The molecule has 1 amide bonds. The predicted octanol–water partition coefficient (Wildman–Crippen LogP) is 4.25. The number of aliphatic carboxylic acids is 1. The van der Waals surface area contributed by atoms with Crippen molar-refractivity contribution in [2.75, 3.05) is 7.11 Å². The molecule has 2 aromatic carbocycles. The Kier molecular flexibility index (Phi) is 7.27. The van der Waals surface area contributed by atoms with E-state index in [1.165, 1.54) is 20.1 Å². The lowest BCUT2D eigenvalue weighted by Crippen LogP contribution is -2.24. The number of carboxylic acid groups (broad SMARTS) is 1. The van der Waals surface area contributed by atoms with E-state index in [1.54, 1.807) is 24.3 Å². The maximum Gasteiger partial charge on any atom is 0.352 e. The Bertz CT molecular complexity index is 880. The highest BCUT2D eigenvalue weighted by atomic mass is 79.9. The Balaban J connectivity index is 2.29. The molecule has 2 aromatic rings. The number of ether oxygens (including phenoxy) is 2.